The first-order valence-corrected chi connectivity index (χ1v) is 5.38. The van der Waals surface area contributed by atoms with Crippen LogP contribution >= 0.6 is 0 Å². The van der Waals surface area contributed by atoms with Crippen LogP contribution in [0.2, 0.25) is 0 Å². The summed E-state index contributed by atoms with van der Waals surface area (Å²) in [4.78, 5) is 15.8. The van der Waals surface area contributed by atoms with Crippen LogP contribution in [0.5, 0.6) is 0 Å². The number of ketones is 1. The zero-order chi connectivity index (χ0) is 11.0. The third-order valence-corrected chi connectivity index (χ3v) is 3.13. The van der Waals surface area contributed by atoms with Crippen LogP contribution in [-0.4, -0.2) is 10.8 Å². The van der Waals surface area contributed by atoms with Crippen LogP contribution < -0.4 is 0 Å². The molecule has 1 aromatic heterocycles. The van der Waals surface area contributed by atoms with Gasteiger partial charge in [-0.15, -0.1) is 0 Å². The largest absolute Gasteiger partial charge is 0.294 e. The summed E-state index contributed by atoms with van der Waals surface area (Å²) < 4.78 is 0. The Morgan fingerprint density at radius 3 is 2.62 bits per heavy atom. The number of nitrogens with zero attached hydrogens (tertiary/aromatic N) is 1. The number of hydrogen-bond acceptors (Lipinski definition) is 2. The quantitative estimate of drug-likeness (QED) is 0.722. The Bertz CT molecular complexity index is 533. The van der Waals surface area contributed by atoms with Crippen molar-refractivity contribution in [2.45, 2.75) is 12.3 Å². The Morgan fingerprint density at radius 1 is 1.06 bits per heavy atom. The Kier molecular flexibility index (Phi) is 2.07. The van der Waals surface area contributed by atoms with Gasteiger partial charge in [0.15, 0.2) is 5.78 Å². The summed E-state index contributed by atoms with van der Waals surface area (Å²) in [6, 6.07) is 11.8. The highest BCUT2D eigenvalue weighted by molar-refractivity contribution is 6.01. The molecule has 16 heavy (non-hydrogen) atoms. The average molecular weight is 209 g/mol. The Labute approximate surface area is 94.0 Å². The van der Waals surface area contributed by atoms with Crippen molar-refractivity contribution < 1.29 is 4.79 Å². The molecular weight excluding hydrogens is 198 g/mol. The number of carbonyl (C=O) groups excluding carboxylic acids is 1. The summed E-state index contributed by atoms with van der Waals surface area (Å²) in [5.74, 6) is 0.462. The van der Waals surface area contributed by atoms with Crippen molar-refractivity contribution in [3.05, 3.63) is 65.5 Å². The number of pyridine rings is 1. The van der Waals surface area contributed by atoms with Gasteiger partial charge in [0.05, 0.1) is 0 Å². The van der Waals surface area contributed by atoms with Crippen LogP contribution in [-0.2, 0) is 0 Å². The van der Waals surface area contributed by atoms with Crippen LogP contribution in [0.15, 0.2) is 48.8 Å². The van der Waals surface area contributed by atoms with Gasteiger partial charge in [0, 0.05) is 30.3 Å². The third kappa shape index (κ3) is 1.34. The van der Waals surface area contributed by atoms with Crippen molar-refractivity contribution in [1.29, 1.82) is 0 Å². The van der Waals surface area contributed by atoms with E-state index in [0.29, 0.717) is 6.42 Å². The summed E-state index contributed by atoms with van der Waals surface area (Å²) in [7, 11) is 0. The minimum absolute atomic E-state index is 0.215. The molecule has 0 fully saturated rings. The Morgan fingerprint density at radius 2 is 1.81 bits per heavy atom. The van der Waals surface area contributed by atoms with Gasteiger partial charge in [0.1, 0.15) is 0 Å². The van der Waals surface area contributed by atoms with Gasteiger partial charge >= 0.3 is 0 Å². The van der Waals surface area contributed by atoms with E-state index in [4.69, 9.17) is 0 Å². The first kappa shape index (κ1) is 9.28. The van der Waals surface area contributed by atoms with E-state index in [-0.39, 0.29) is 11.7 Å². The van der Waals surface area contributed by atoms with Crippen molar-refractivity contribution in [1.82, 2.24) is 4.98 Å². The zero-order valence-corrected chi connectivity index (χ0v) is 8.76. The van der Waals surface area contributed by atoms with Crippen LogP contribution in [0.3, 0.4) is 0 Å². The molecule has 2 nitrogen and oxygen atoms in total. The molecule has 0 saturated carbocycles. The molecule has 0 radical (unpaired) electrons. The highest BCUT2D eigenvalue weighted by atomic mass is 16.1. The van der Waals surface area contributed by atoms with Crippen molar-refractivity contribution in [3.8, 4) is 0 Å². The second-order valence-corrected chi connectivity index (χ2v) is 4.05. The van der Waals surface area contributed by atoms with Gasteiger partial charge in [0.25, 0.3) is 0 Å². The van der Waals surface area contributed by atoms with Crippen LogP contribution in [0.1, 0.15) is 33.8 Å². The number of rotatable bonds is 1. The molecule has 0 aliphatic heterocycles. The first-order valence-electron chi connectivity index (χ1n) is 5.38. The molecule has 1 heterocycles. The molecule has 1 atom stereocenters. The van der Waals surface area contributed by atoms with E-state index in [0.717, 1.165) is 11.1 Å². The highest BCUT2D eigenvalue weighted by Crippen LogP contribution is 2.37. The molecular formula is C14H11NO. The predicted octanol–water partition coefficient (Wildman–Crippen LogP) is 2.80. The number of benzene rings is 1. The number of aromatic nitrogens is 1. The molecule has 1 aliphatic carbocycles. The predicted molar refractivity (Wildman–Crippen MR) is 61.5 cm³/mol. The Balaban J connectivity index is 2.11. The summed E-state index contributed by atoms with van der Waals surface area (Å²) in [5.41, 5.74) is 3.20. The minimum Gasteiger partial charge on any atom is -0.294 e. The minimum atomic E-state index is 0.215. The third-order valence-electron chi connectivity index (χ3n) is 3.13. The second-order valence-electron chi connectivity index (χ2n) is 4.05. The van der Waals surface area contributed by atoms with Gasteiger partial charge in [-0.05, 0) is 23.3 Å². The van der Waals surface area contributed by atoms with Crippen molar-refractivity contribution >= 4 is 5.78 Å². The van der Waals surface area contributed by atoms with E-state index >= 15 is 0 Å². The molecule has 0 spiro atoms. The standard InChI is InChI=1S/C14H11NO/c16-14-9-13(10-5-7-15-8-6-10)11-3-1-2-4-12(11)14/h1-8,13H,9H2/t13-/m0/s1. The van der Waals surface area contributed by atoms with Crippen molar-refractivity contribution in [2.24, 2.45) is 0 Å². The molecule has 1 aliphatic rings. The van der Waals surface area contributed by atoms with E-state index in [1.54, 1.807) is 12.4 Å². The fourth-order valence-corrected chi connectivity index (χ4v) is 2.35. The van der Waals surface area contributed by atoms with E-state index < -0.39 is 0 Å². The maximum Gasteiger partial charge on any atom is 0.164 e. The summed E-state index contributed by atoms with van der Waals surface area (Å²) in [5, 5.41) is 0. The van der Waals surface area contributed by atoms with Crippen molar-refractivity contribution in [2.75, 3.05) is 0 Å². The lowest BCUT2D eigenvalue weighted by molar-refractivity contribution is 0.0991. The molecule has 1 aromatic carbocycles. The number of carbonyl (C=O) groups is 1. The number of hydrogen-bond donors (Lipinski definition) is 0. The summed E-state index contributed by atoms with van der Waals surface area (Å²) in [6.07, 6.45) is 4.14. The van der Waals surface area contributed by atoms with Gasteiger partial charge < -0.3 is 0 Å². The normalized spacial score (nSPS) is 18.5. The van der Waals surface area contributed by atoms with Gasteiger partial charge in [-0.1, -0.05) is 24.3 Å². The van der Waals surface area contributed by atoms with Crippen LogP contribution in [0.25, 0.3) is 0 Å². The highest BCUT2D eigenvalue weighted by Gasteiger charge is 2.29. The van der Waals surface area contributed by atoms with Gasteiger partial charge in [0.2, 0.25) is 0 Å². The summed E-state index contributed by atoms with van der Waals surface area (Å²) >= 11 is 0. The van der Waals surface area contributed by atoms with Gasteiger partial charge in [-0.3, -0.25) is 9.78 Å². The fourth-order valence-electron chi connectivity index (χ4n) is 2.35. The molecule has 0 unspecified atom stereocenters. The van der Waals surface area contributed by atoms with E-state index in [2.05, 4.69) is 4.98 Å². The van der Waals surface area contributed by atoms with Crippen LogP contribution in [0, 0.1) is 0 Å². The second kappa shape index (κ2) is 3.56. The maximum atomic E-state index is 11.8. The van der Waals surface area contributed by atoms with Gasteiger partial charge in [-0.25, -0.2) is 0 Å². The van der Waals surface area contributed by atoms with Crippen LogP contribution in [0.4, 0.5) is 0 Å². The molecule has 78 valence electrons. The van der Waals surface area contributed by atoms with Gasteiger partial charge in [-0.2, -0.15) is 0 Å². The molecule has 0 saturated heterocycles. The SMILES string of the molecule is O=C1C[C@@H](c2ccncc2)c2ccccc21. The fraction of sp³-hybridized carbons (Fsp3) is 0.143. The molecule has 3 rings (SSSR count). The molecule has 2 heteroatoms. The number of fused-ring (bicyclic) bond motifs is 1. The lowest BCUT2D eigenvalue weighted by atomic mass is 9.94. The smallest absolute Gasteiger partial charge is 0.164 e. The summed E-state index contributed by atoms with van der Waals surface area (Å²) in [6.45, 7) is 0. The molecule has 0 N–H and O–H groups in total. The topological polar surface area (TPSA) is 30.0 Å². The molecule has 0 bridgehead atoms. The Hall–Kier alpha value is -1.96. The zero-order valence-electron chi connectivity index (χ0n) is 8.76. The number of Topliss-reactive ketones (excluding diaryl/α,β-unsaturated/α-hetero) is 1. The molecule has 2 aromatic rings. The average Bonchev–Trinajstić information content (AvgIpc) is 2.69. The van der Waals surface area contributed by atoms with Crippen molar-refractivity contribution in [3.63, 3.8) is 0 Å². The van der Waals surface area contributed by atoms with E-state index in [1.807, 2.05) is 36.4 Å². The lowest BCUT2D eigenvalue weighted by Gasteiger charge is -2.10. The monoisotopic (exact) mass is 209 g/mol. The first-order chi connectivity index (χ1) is 7.86. The van der Waals surface area contributed by atoms with E-state index in [9.17, 15) is 4.79 Å². The lowest BCUT2D eigenvalue weighted by Crippen LogP contribution is -1.96. The maximum absolute atomic E-state index is 11.8. The van der Waals surface area contributed by atoms with E-state index in [1.165, 1.54) is 5.56 Å². The molecule has 0 amide bonds.